The molecule has 0 saturated carbocycles. The minimum absolute atomic E-state index is 0.333. The molecule has 0 aromatic heterocycles. The largest absolute Gasteiger partial charge is 0.481 e. The molecule has 0 heterocycles. The monoisotopic (exact) mass is 301 g/mol. The van der Waals surface area contributed by atoms with Gasteiger partial charge in [-0.2, -0.15) is 0 Å². The van der Waals surface area contributed by atoms with E-state index in [0.717, 1.165) is 5.56 Å². The van der Waals surface area contributed by atoms with Gasteiger partial charge in [-0.25, -0.2) is 0 Å². The van der Waals surface area contributed by atoms with Crippen molar-refractivity contribution in [2.24, 2.45) is 5.73 Å². The molecule has 2 aromatic carbocycles. The van der Waals surface area contributed by atoms with Crippen LogP contribution in [0.25, 0.3) is 0 Å². The van der Waals surface area contributed by atoms with Crippen LogP contribution < -0.4 is 5.73 Å². The lowest BCUT2D eigenvalue weighted by atomic mass is 10.0. The third kappa shape index (κ3) is 10.2. The molecule has 4 heteroatoms. The van der Waals surface area contributed by atoms with Gasteiger partial charge in [-0.1, -0.05) is 66.2 Å². The molecular formula is C18H23NO3. The van der Waals surface area contributed by atoms with E-state index in [9.17, 15) is 9.59 Å². The Hall–Kier alpha value is -2.62. The number of nitrogens with two attached hydrogens (primary N) is 1. The lowest BCUT2D eigenvalue weighted by molar-refractivity contribution is -0.138. The molecule has 0 aliphatic carbocycles. The quantitative estimate of drug-likeness (QED) is 0.892. The summed E-state index contributed by atoms with van der Waals surface area (Å²) >= 11 is 0. The van der Waals surface area contributed by atoms with Crippen LogP contribution in [0.2, 0.25) is 0 Å². The van der Waals surface area contributed by atoms with Crippen LogP contribution in [0.3, 0.4) is 0 Å². The molecule has 3 N–H and O–H groups in total. The van der Waals surface area contributed by atoms with Crippen molar-refractivity contribution in [1.29, 1.82) is 0 Å². The van der Waals surface area contributed by atoms with Crippen LogP contribution in [-0.2, 0) is 9.59 Å². The molecule has 2 aromatic rings. The maximum Gasteiger partial charge on any atom is 0.310 e. The van der Waals surface area contributed by atoms with Gasteiger partial charge in [0.25, 0.3) is 0 Å². The number of rotatable bonds is 2. The first-order valence-corrected chi connectivity index (χ1v) is 6.90. The summed E-state index contributed by atoms with van der Waals surface area (Å²) in [6, 6.07) is 19.5. The van der Waals surface area contributed by atoms with E-state index in [4.69, 9.17) is 5.11 Å². The molecule has 0 aliphatic heterocycles. The molecule has 4 nitrogen and oxygen atoms in total. The van der Waals surface area contributed by atoms with E-state index >= 15 is 0 Å². The number of carboxylic acids is 1. The standard InChI is InChI=1S/C9H10O2.C7H8.C2H5NO/c1-7(9(10)11)8-5-3-2-4-6-8;1-7-5-3-2-4-6-7;1-2(3)4/h2-7H,1H3,(H,10,11);2-6H,1H3;1H3,(H2,3,4). The summed E-state index contributed by atoms with van der Waals surface area (Å²) in [7, 11) is 0. The molecule has 0 radical (unpaired) electrons. The van der Waals surface area contributed by atoms with Crippen molar-refractivity contribution in [3.05, 3.63) is 71.8 Å². The Balaban J connectivity index is 0.000000343. The molecule has 1 atom stereocenters. The van der Waals surface area contributed by atoms with Crippen LogP contribution in [0.1, 0.15) is 30.9 Å². The maximum absolute atomic E-state index is 10.5. The molecule has 1 amide bonds. The number of aryl methyl sites for hydroxylation is 1. The number of carboxylic acid groups (broad SMARTS) is 1. The lowest BCUT2D eigenvalue weighted by Crippen LogP contribution is -2.06. The van der Waals surface area contributed by atoms with Crippen LogP contribution in [0.5, 0.6) is 0 Å². The van der Waals surface area contributed by atoms with Gasteiger partial charge in [-0.05, 0) is 19.4 Å². The van der Waals surface area contributed by atoms with Crippen LogP contribution in [0, 0.1) is 6.92 Å². The molecule has 0 spiro atoms. The van der Waals surface area contributed by atoms with Crippen molar-refractivity contribution in [1.82, 2.24) is 0 Å². The fraction of sp³-hybridized carbons (Fsp3) is 0.222. The molecule has 0 fully saturated rings. The Labute approximate surface area is 131 Å². The third-order valence-electron chi connectivity index (χ3n) is 2.61. The van der Waals surface area contributed by atoms with Gasteiger partial charge in [-0.3, -0.25) is 9.59 Å². The Morgan fingerprint density at radius 1 is 0.955 bits per heavy atom. The highest BCUT2D eigenvalue weighted by molar-refractivity contribution is 5.75. The summed E-state index contributed by atoms with van der Waals surface area (Å²) in [4.78, 5) is 19.7. The number of carbonyl (C=O) groups excluding carboxylic acids is 1. The van der Waals surface area contributed by atoms with Gasteiger partial charge in [0.2, 0.25) is 5.91 Å². The summed E-state index contributed by atoms with van der Waals surface area (Å²) in [6.07, 6.45) is 0. The normalized spacial score (nSPS) is 10.1. The topological polar surface area (TPSA) is 80.4 Å². The SMILES string of the molecule is CC(C(=O)O)c1ccccc1.CC(N)=O.Cc1ccccc1. The molecule has 2 rings (SSSR count). The average molecular weight is 301 g/mol. The minimum atomic E-state index is -0.781. The predicted molar refractivity (Wildman–Crippen MR) is 88.5 cm³/mol. The molecular weight excluding hydrogens is 278 g/mol. The van der Waals surface area contributed by atoms with Gasteiger partial charge in [0.05, 0.1) is 5.92 Å². The zero-order valence-electron chi connectivity index (χ0n) is 13.2. The molecule has 118 valence electrons. The zero-order valence-corrected chi connectivity index (χ0v) is 13.2. The zero-order chi connectivity index (χ0) is 17.0. The first-order valence-electron chi connectivity index (χ1n) is 6.90. The third-order valence-corrected chi connectivity index (χ3v) is 2.61. The summed E-state index contributed by atoms with van der Waals surface area (Å²) < 4.78 is 0. The highest BCUT2D eigenvalue weighted by Gasteiger charge is 2.11. The molecule has 0 saturated heterocycles. The van der Waals surface area contributed by atoms with Gasteiger partial charge in [0, 0.05) is 6.92 Å². The van der Waals surface area contributed by atoms with Crippen molar-refractivity contribution >= 4 is 11.9 Å². The molecule has 0 aliphatic rings. The van der Waals surface area contributed by atoms with Crippen molar-refractivity contribution in [3.63, 3.8) is 0 Å². The van der Waals surface area contributed by atoms with Gasteiger partial charge in [-0.15, -0.1) is 0 Å². The second kappa shape index (κ2) is 11.1. The maximum atomic E-state index is 10.5. The molecule has 1 unspecified atom stereocenters. The Kier molecular flexibility index (Phi) is 9.76. The highest BCUT2D eigenvalue weighted by atomic mass is 16.4. The van der Waals surface area contributed by atoms with E-state index in [2.05, 4.69) is 24.8 Å². The number of benzene rings is 2. The average Bonchev–Trinajstić information content (AvgIpc) is 2.48. The van der Waals surface area contributed by atoms with Crippen molar-refractivity contribution in [2.45, 2.75) is 26.7 Å². The first-order chi connectivity index (χ1) is 10.3. The summed E-state index contributed by atoms with van der Waals surface area (Å²) in [5, 5.41) is 8.64. The number of hydrogen-bond donors (Lipinski definition) is 2. The fourth-order valence-corrected chi connectivity index (χ4v) is 1.42. The van der Waals surface area contributed by atoms with Gasteiger partial charge >= 0.3 is 5.97 Å². The second-order valence-corrected chi connectivity index (χ2v) is 4.74. The molecule has 0 bridgehead atoms. The van der Waals surface area contributed by atoms with Crippen molar-refractivity contribution in [2.75, 3.05) is 0 Å². The summed E-state index contributed by atoms with van der Waals surface area (Å²) in [6.45, 7) is 5.07. The number of hydrogen-bond acceptors (Lipinski definition) is 2. The minimum Gasteiger partial charge on any atom is -0.481 e. The van der Waals surface area contributed by atoms with E-state index in [0.29, 0.717) is 0 Å². The van der Waals surface area contributed by atoms with Crippen molar-refractivity contribution in [3.8, 4) is 0 Å². The second-order valence-electron chi connectivity index (χ2n) is 4.74. The first kappa shape index (κ1) is 19.4. The van der Waals surface area contributed by atoms with E-state index in [-0.39, 0.29) is 5.91 Å². The Bertz CT molecular complexity index is 549. The van der Waals surface area contributed by atoms with Crippen LogP contribution in [0.4, 0.5) is 0 Å². The fourth-order valence-electron chi connectivity index (χ4n) is 1.42. The van der Waals surface area contributed by atoms with Gasteiger partial charge < -0.3 is 10.8 Å². The van der Waals surface area contributed by atoms with Gasteiger partial charge in [0.1, 0.15) is 0 Å². The highest BCUT2D eigenvalue weighted by Crippen LogP contribution is 2.13. The predicted octanol–water partition coefficient (Wildman–Crippen LogP) is 3.36. The summed E-state index contributed by atoms with van der Waals surface area (Å²) in [5.41, 5.74) is 6.64. The van der Waals surface area contributed by atoms with Gasteiger partial charge in [0.15, 0.2) is 0 Å². The van der Waals surface area contributed by atoms with E-state index < -0.39 is 11.9 Å². The van der Waals surface area contributed by atoms with Crippen molar-refractivity contribution < 1.29 is 14.7 Å². The lowest BCUT2D eigenvalue weighted by Gasteiger charge is -2.04. The van der Waals surface area contributed by atoms with Crippen LogP contribution >= 0.6 is 0 Å². The van der Waals surface area contributed by atoms with Crippen LogP contribution in [-0.4, -0.2) is 17.0 Å². The molecule has 22 heavy (non-hydrogen) atoms. The number of primary amides is 1. The Morgan fingerprint density at radius 2 is 1.32 bits per heavy atom. The summed E-state index contributed by atoms with van der Waals surface area (Å²) in [5.74, 6) is -1.52. The smallest absolute Gasteiger partial charge is 0.310 e. The number of amides is 1. The Morgan fingerprint density at radius 3 is 1.59 bits per heavy atom. The number of aliphatic carboxylic acids is 1. The van der Waals surface area contributed by atoms with E-state index in [1.54, 1.807) is 6.92 Å². The van der Waals surface area contributed by atoms with E-state index in [1.165, 1.54) is 12.5 Å². The van der Waals surface area contributed by atoms with E-state index in [1.807, 2.05) is 48.5 Å². The number of carbonyl (C=O) groups is 2. The van der Waals surface area contributed by atoms with Crippen LogP contribution in [0.15, 0.2) is 60.7 Å².